The summed E-state index contributed by atoms with van der Waals surface area (Å²) in [5.41, 5.74) is -0.765. The summed E-state index contributed by atoms with van der Waals surface area (Å²) in [6, 6.07) is 1.96. The fourth-order valence-corrected chi connectivity index (χ4v) is 7.11. The molecule has 220 valence electrons. The second kappa shape index (κ2) is 10.8. The number of carbonyl (C=O) groups excluding carboxylic acids is 2. The first kappa shape index (κ1) is 28.5. The van der Waals surface area contributed by atoms with Crippen molar-refractivity contribution in [1.29, 1.82) is 0 Å². The molecule has 11 heteroatoms. The lowest BCUT2D eigenvalue weighted by Gasteiger charge is -2.36. The molecule has 2 bridgehead atoms. The fraction of sp³-hybridized carbons (Fsp3) is 0.690. The molecule has 40 heavy (non-hydrogen) atoms. The van der Waals surface area contributed by atoms with Crippen LogP contribution in [0, 0.1) is 34.9 Å². The highest BCUT2D eigenvalue weighted by atomic mass is 19.3. The van der Waals surface area contributed by atoms with E-state index < -0.39 is 41.0 Å². The molecule has 8 nitrogen and oxygen atoms in total. The number of fused-ring (bicyclic) bond motifs is 2. The van der Waals surface area contributed by atoms with Gasteiger partial charge in [-0.05, 0) is 75.7 Å². The van der Waals surface area contributed by atoms with Crippen LogP contribution in [0.1, 0.15) is 75.1 Å². The van der Waals surface area contributed by atoms with Crippen molar-refractivity contribution < 1.29 is 42.1 Å². The van der Waals surface area contributed by atoms with Crippen LogP contribution in [-0.4, -0.2) is 54.6 Å². The number of amides is 2. The number of methoxy groups -OCH3 is 1. The number of rotatable bonds is 9. The van der Waals surface area contributed by atoms with Crippen LogP contribution in [0.5, 0.6) is 11.5 Å². The van der Waals surface area contributed by atoms with E-state index in [0.29, 0.717) is 25.7 Å². The molecule has 0 aliphatic heterocycles. The maximum atomic E-state index is 14.9. The zero-order valence-corrected chi connectivity index (χ0v) is 22.8. The topological polar surface area (TPSA) is 114 Å². The molecule has 5 rings (SSSR count). The van der Waals surface area contributed by atoms with Crippen molar-refractivity contribution in [2.24, 2.45) is 29.1 Å². The van der Waals surface area contributed by atoms with Gasteiger partial charge >= 0.3 is 5.97 Å². The molecule has 4 saturated carbocycles. The number of benzene rings is 1. The molecule has 2 amide bonds. The van der Waals surface area contributed by atoms with Crippen LogP contribution in [-0.2, 0) is 9.59 Å². The minimum Gasteiger partial charge on any atom is -0.496 e. The summed E-state index contributed by atoms with van der Waals surface area (Å²) >= 11 is 0. The van der Waals surface area contributed by atoms with Crippen molar-refractivity contribution in [3.05, 3.63) is 23.5 Å². The monoisotopic (exact) mass is 566 g/mol. The third-order valence-electron chi connectivity index (χ3n) is 9.60. The summed E-state index contributed by atoms with van der Waals surface area (Å²) in [4.78, 5) is 38.1. The predicted molar refractivity (Wildman–Crippen MR) is 138 cm³/mol. The van der Waals surface area contributed by atoms with Gasteiger partial charge in [0.2, 0.25) is 11.8 Å². The standard InChI is InChI=1S/C29H37F3N2O6/c1-28(27(37)38)7-5-18(6-8-28)40-22-10-19(21(39-2)11-20(22)30)25(35)34-24-17-4-3-16(9-17)23(24)26(36)33-14-15-12-29(31,32)13-15/h10-11,15-18,23-24H,3-9,12-14H2,1-2H3,(H,33,36)(H,34,35)(H,37,38). The quantitative estimate of drug-likeness (QED) is 0.404. The van der Waals surface area contributed by atoms with E-state index in [0.717, 1.165) is 25.3 Å². The van der Waals surface area contributed by atoms with Gasteiger partial charge in [-0.1, -0.05) is 0 Å². The van der Waals surface area contributed by atoms with Crippen molar-refractivity contribution in [3.63, 3.8) is 0 Å². The van der Waals surface area contributed by atoms with E-state index in [1.807, 2.05) is 0 Å². The van der Waals surface area contributed by atoms with E-state index in [1.165, 1.54) is 13.2 Å². The first-order valence-corrected chi connectivity index (χ1v) is 14.1. The first-order chi connectivity index (χ1) is 18.9. The number of carboxylic acids is 1. The van der Waals surface area contributed by atoms with Crippen LogP contribution in [0.4, 0.5) is 13.2 Å². The molecule has 0 heterocycles. The molecule has 0 spiro atoms. The number of carbonyl (C=O) groups is 3. The van der Waals surface area contributed by atoms with Crippen LogP contribution >= 0.6 is 0 Å². The summed E-state index contributed by atoms with van der Waals surface area (Å²) < 4.78 is 52.5. The second-order valence-electron chi connectivity index (χ2n) is 12.4. The Hall–Kier alpha value is -2.98. The van der Waals surface area contributed by atoms with Crippen molar-refractivity contribution in [2.75, 3.05) is 13.7 Å². The van der Waals surface area contributed by atoms with Crippen LogP contribution in [0.25, 0.3) is 0 Å². The number of hydrogen-bond donors (Lipinski definition) is 3. The van der Waals surface area contributed by atoms with Crippen molar-refractivity contribution in [1.82, 2.24) is 10.6 Å². The Balaban J connectivity index is 1.26. The number of ether oxygens (including phenoxy) is 2. The Morgan fingerprint density at radius 1 is 1.05 bits per heavy atom. The van der Waals surface area contributed by atoms with Crippen LogP contribution in [0.3, 0.4) is 0 Å². The minimum atomic E-state index is -2.65. The summed E-state index contributed by atoms with van der Waals surface area (Å²) in [5.74, 6) is -5.52. The number of aliphatic carboxylic acids is 1. The molecular formula is C29H37F3N2O6. The normalized spacial score (nSPS) is 32.7. The zero-order chi connectivity index (χ0) is 28.8. The van der Waals surface area contributed by atoms with Gasteiger partial charge in [-0.3, -0.25) is 14.4 Å². The minimum absolute atomic E-state index is 0.0273. The van der Waals surface area contributed by atoms with Gasteiger partial charge in [0.25, 0.3) is 5.91 Å². The summed E-state index contributed by atoms with van der Waals surface area (Å²) in [5, 5.41) is 15.3. The highest BCUT2D eigenvalue weighted by Gasteiger charge is 2.52. The van der Waals surface area contributed by atoms with E-state index in [4.69, 9.17) is 9.47 Å². The SMILES string of the molecule is COc1cc(F)c(OC2CCC(C)(C(=O)O)CC2)cc1C(=O)NC1C2CCC(C2)C1C(=O)NCC1CC(F)(F)C1. The Morgan fingerprint density at radius 2 is 1.73 bits per heavy atom. The molecule has 0 saturated heterocycles. The number of hydrogen-bond acceptors (Lipinski definition) is 5. The van der Waals surface area contributed by atoms with Gasteiger partial charge in [0, 0.05) is 31.5 Å². The predicted octanol–water partition coefficient (Wildman–Crippen LogP) is 4.55. The maximum absolute atomic E-state index is 14.9. The summed E-state index contributed by atoms with van der Waals surface area (Å²) in [6.07, 6.45) is 3.39. The van der Waals surface area contributed by atoms with Gasteiger partial charge in [-0.25, -0.2) is 13.2 Å². The van der Waals surface area contributed by atoms with E-state index in [-0.39, 0.29) is 66.2 Å². The average Bonchev–Trinajstić information content (AvgIpc) is 3.50. The molecule has 0 aromatic heterocycles. The summed E-state index contributed by atoms with van der Waals surface area (Å²) in [7, 11) is 1.33. The molecule has 4 aliphatic carbocycles. The lowest BCUT2D eigenvalue weighted by atomic mass is 9.75. The largest absolute Gasteiger partial charge is 0.496 e. The van der Waals surface area contributed by atoms with Gasteiger partial charge in [0.05, 0.1) is 30.1 Å². The van der Waals surface area contributed by atoms with E-state index in [2.05, 4.69) is 10.6 Å². The number of halogens is 3. The number of carboxylic acid groups (broad SMARTS) is 1. The van der Waals surface area contributed by atoms with Crippen LogP contribution in [0.15, 0.2) is 12.1 Å². The molecular weight excluding hydrogens is 529 g/mol. The van der Waals surface area contributed by atoms with Gasteiger partial charge in [0.15, 0.2) is 11.6 Å². The van der Waals surface area contributed by atoms with Crippen LogP contribution < -0.4 is 20.1 Å². The fourth-order valence-electron chi connectivity index (χ4n) is 7.11. The van der Waals surface area contributed by atoms with E-state index in [1.54, 1.807) is 6.92 Å². The molecule has 1 aromatic carbocycles. The van der Waals surface area contributed by atoms with Crippen molar-refractivity contribution in [2.45, 2.75) is 82.8 Å². The highest BCUT2D eigenvalue weighted by Crippen LogP contribution is 2.49. The third kappa shape index (κ3) is 5.61. The highest BCUT2D eigenvalue weighted by molar-refractivity contribution is 5.98. The van der Waals surface area contributed by atoms with E-state index >= 15 is 0 Å². The first-order valence-electron chi connectivity index (χ1n) is 14.1. The molecule has 4 fully saturated rings. The van der Waals surface area contributed by atoms with E-state index in [9.17, 15) is 32.7 Å². The van der Waals surface area contributed by atoms with Gasteiger partial charge in [-0.2, -0.15) is 0 Å². The molecule has 1 aromatic rings. The second-order valence-corrected chi connectivity index (χ2v) is 12.4. The Labute approximate surface area is 231 Å². The van der Waals surface area contributed by atoms with Gasteiger partial charge < -0.3 is 25.2 Å². The van der Waals surface area contributed by atoms with Gasteiger partial charge in [-0.15, -0.1) is 0 Å². The number of alkyl halides is 2. The average molecular weight is 567 g/mol. The van der Waals surface area contributed by atoms with Crippen LogP contribution in [0.2, 0.25) is 0 Å². The lowest BCUT2D eigenvalue weighted by Crippen LogP contribution is -2.51. The van der Waals surface area contributed by atoms with Crippen molar-refractivity contribution in [3.8, 4) is 11.5 Å². The maximum Gasteiger partial charge on any atom is 0.309 e. The lowest BCUT2D eigenvalue weighted by molar-refractivity contribution is -0.150. The third-order valence-corrected chi connectivity index (χ3v) is 9.60. The Morgan fingerprint density at radius 3 is 2.35 bits per heavy atom. The van der Waals surface area contributed by atoms with Crippen molar-refractivity contribution >= 4 is 17.8 Å². The number of nitrogens with one attached hydrogen (secondary N) is 2. The Bertz CT molecular complexity index is 1160. The molecule has 4 aliphatic rings. The molecule has 3 N–H and O–H groups in total. The zero-order valence-electron chi connectivity index (χ0n) is 22.8. The molecule has 4 unspecified atom stereocenters. The van der Waals surface area contributed by atoms with Gasteiger partial charge in [0.1, 0.15) is 5.75 Å². The summed E-state index contributed by atoms with van der Waals surface area (Å²) in [6.45, 7) is 1.89. The smallest absolute Gasteiger partial charge is 0.309 e. The molecule has 4 atom stereocenters. The molecule has 0 radical (unpaired) electrons. The Kier molecular flexibility index (Phi) is 7.69.